The van der Waals surface area contributed by atoms with Crippen molar-refractivity contribution in [2.45, 2.75) is 13.5 Å². The number of aromatic nitrogens is 2. The minimum atomic E-state index is 0.697. The van der Waals surface area contributed by atoms with Crippen molar-refractivity contribution in [2.24, 2.45) is 0 Å². The second-order valence-corrected chi connectivity index (χ2v) is 4.10. The van der Waals surface area contributed by atoms with Crippen LogP contribution < -0.4 is 5.32 Å². The first kappa shape index (κ1) is 12.0. The number of hydrogen-bond donors (Lipinski definition) is 1. The van der Waals surface area contributed by atoms with Gasteiger partial charge in [0.05, 0.1) is 5.69 Å². The minimum Gasteiger partial charge on any atom is -0.311 e. The summed E-state index contributed by atoms with van der Waals surface area (Å²) < 4.78 is 0. The summed E-state index contributed by atoms with van der Waals surface area (Å²) in [7, 11) is 0. The molecule has 1 aromatic heterocycles. The minimum absolute atomic E-state index is 0.697. The first-order valence-corrected chi connectivity index (χ1v) is 5.96. The van der Waals surface area contributed by atoms with E-state index < -0.39 is 0 Å². The van der Waals surface area contributed by atoms with Crippen molar-refractivity contribution in [3.05, 3.63) is 47.2 Å². The van der Waals surface area contributed by atoms with Gasteiger partial charge in [-0.25, -0.2) is 9.97 Å². The van der Waals surface area contributed by atoms with Crippen molar-refractivity contribution in [1.29, 1.82) is 0 Å². The molecule has 0 aliphatic rings. The lowest BCUT2D eigenvalue weighted by molar-refractivity contribution is 0.709. The molecule has 88 valence electrons. The Morgan fingerprint density at radius 3 is 2.94 bits per heavy atom. The maximum Gasteiger partial charge on any atom is 0.159 e. The second kappa shape index (κ2) is 5.75. The number of benzene rings is 1. The van der Waals surface area contributed by atoms with E-state index in [1.807, 2.05) is 30.3 Å². The molecule has 0 saturated carbocycles. The van der Waals surface area contributed by atoms with E-state index in [1.165, 1.54) is 0 Å². The third kappa shape index (κ3) is 3.25. The first-order chi connectivity index (χ1) is 8.29. The van der Waals surface area contributed by atoms with Gasteiger partial charge in [-0.15, -0.1) is 0 Å². The maximum absolute atomic E-state index is 5.95. The predicted molar refractivity (Wildman–Crippen MR) is 69.9 cm³/mol. The third-order valence-corrected chi connectivity index (χ3v) is 2.59. The summed E-state index contributed by atoms with van der Waals surface area (Å²) >= 11 is 5.95. The highest BCUT2D eigenvalue weighted by Gasteiger charge is 2.02. The monoisotopic (exact) mass is 247 g/mol. The van der Waals surface area contributed by atoms with Crippen LogP contribution in [0.4, 0.5) is 0 Å². The molecule has 0 spiro atoms. The molecule has 1 aromatic carbocycles. The van der Waals surface area contributed by atoms with Crippen molar-refractivity contribution in [2.75, 3.05) is 6.54 Å². The molecule has 2 aromatic rings. The van der Waals surface area contributed by atoms with Crippen LogP contribution in [-0.4, -0.2) is 16.5 Å². The van der Waals surface area contributed by atoms with Gasteiger partial charge < -0.3 is 5.32 Å². The van der Waals surface area contributed by atoms with E-state index in [2.05, 4.69) is 22.2 Å². The summed E-state index contributed by atoms with van der Waals surface area (Å²) in [5, 5.41) is 3.94. The number of halogens is 1. The normalized spacial score (nSPS) is 10.5. The van der Waals surface area contributed by atoms with E-state index in [9.17, 15) is 0 Å². The fraction of sp³-hybridized carbons (Fsp3) is 0.231. The Balaban J connectivity index is 2.26. The van der Waals surface area contributed by atoms with Gasteiger partial charge in [-0.3, -0.25) is 0 Å². The summed E-state index contributed by atoms with van der Waals surface area (Å²) in [6.45, 7) is 3.75. The zero-order valence-corrected chi connectivity index (χ0v) is 10.4. The van der Waals surface area contributed by atoms with Crippen LogP contribution in [0.25, 0.3) is 11.4 Å². The number of rotatable bonds is 4. The van der Waals surface area contributed by atoms with Crippen LogP contribution in [0.2, 0.25) is 5.02 Å². The highest BCUT2D eigenvalue weighted by Crippen LogP contribution is 2.19. The molecule has 0 amide bonds. The Morgan fingerprint density at radius 1 is 1.29 bits per heavy atom. The Hall–Kier alpha value is -1.45. The van der Waals surface area contributed by atoms with Crippen molar-refractivity contribution < 1.29 is 0 Å². The fourth-order valence-electron chi connectivity index (χ4n) is 1.51. The van der Waals surface area contributed by atoms with E-state index in [-0.39, 0.29) is 0 Å². The smallest absolute Gasteiger partial charge is 0.159 e. The van der Waals surface area contributed by atoms with Gasteiger partial charge in [0, 0.05) is 23.3 Å². The number of nitrogens with one attached hydrogen (secondary N) is 1. The van der Waals surface area contributed by atoms with Crippen LogP contribution in [0.1, 0.15) is 12.6 Å². The molecule has 1 heterocycles. The largest absolute Gasteiger partial charge is 0.311 e. The Labute approximate surface area is 106 Å². The Kier molecular flexibility index (Phi) is 4.07. The SMILES string of the molecule is CCNCc1ccnc(-c2cccc(Cl)c2)n1. The van der Waals surface area contributed by atoms with Gasteiger partial charge in [-0.2, -0.15) is 0 Å². The molecule has 0 fully saturated rings. The quantitative estimate of drug-likeness (QED) is 0.903. The molecule has 0 saturated heterocycles. The van der Waals surface area contributed by atoms with Gasteiger partial charge in [-0.05, 0) is 24.7 Å². The van der Waals surface area contributed by atoms with Crippen molar-refractivity contribution >= 4 is 11.6 Å². The molecule has 0 unspecified atom stereocenters. The van der Waals surface area contributed by atoms with Gasteiger partial charge in [0.1, 0.15) is 0 Å². The molecule has 0 aliphatic heterocycles. The molecule has 0 radical (unpaired) electrons. The summed E-state index contributed by atoms with van der Waals surface area (Å²) in [5.41, 5.74) is 1.92. The van der Waals surface area contributed by atoms with E-state index in [1.54, 1.807) is 6.20 Å². The highest BCUT2D eigenvalue weighted by molar-refractivity contribution is 6.30. The first-order valence-electron chi connectivity index (χ1n) is 5.58. The molecule has 0 bridgehead atoms. The van der Waals surface area contributed by atoms with E-state index in [4.69, 9.17) is 11.6 Å². The number of hydrogen-bond acceptors (Lipinski definition) is 3. The van der Waals surface area contributed by atoms with Crippen molar-refractivity contribution in [3.63, 3.8) is 0 Å². The lowest BCUT2D eigenvalue weighted by Gasteiger charge is -2.04. The molecule has 2 rings (SSSR count). The third-order valence-electron chi connectivity index (χ3n) is 2.35. The summed E-state index contributed by atoms with van der Waals surface area (Å²) in [6, 6.07) is 9.48. The van der Waals surface area contributed by atoms with Gasteiger partial charge in [0.25, 0.3) is 0 Å². The van der Waals surface area contributed by atoms with E-state index in [0.717, 1.165) is 24.3 Å². The van der Waals surface area contributed by atoms with Gasteiger partial charge in [0.2, 0.25) is 0 Å². The molecular formula is C13H14ClN3. The van der Waals surface area contributed by atoms with Crippen molar-refractivity contribution in [3.8, 4) is 11.4 Å². The average molecular weight is 248 g/mol. The molecule has 1 N–H and O–H groups in total. The predicted octanol–water partition coefficient (Wildman–Crippen LogP) is 2.91. The molecule has 4 heteroatoms. The van der Waals surface area contributed by atoms with Crippen LogP contribution in [0.3, 0.4) is 0 Å². The molecular weight excluding hydrogens is 234 g/mol. The molecule has 17 heavy (non-hydrogen) atoms. The zero-order chi connectivity index (χ0) is 12.1. The van der Waals surface area contributed by atoms with Crippen LogP contribution in [0.5, 0.6) is 0 Å². The lowest BCUT2D eigenvalue weighted by atomic mass is 10.2. The summed E-state index contributed by atoms with van der Waals surface area (Å²) in [6.07, 6.45) is 1.77. The zero-order valence-electron chi connectivity index (χ0n) is 9.65. The average Bonchev–Trinajstić information content (AvgIpc) is 2.37. The van der Waals surface area contributed by atoms with Gasteiger partial charge in [-0.1, -0.05) is 30.7 Å². The Bertz CT molecular complexity index is 500. The second-order valence-electron chi connectivity index (χ2n) is 3.66. The van der Waals surface area contributed by atoms with Crippen LogP contribution in [0.15, 0.2) is 36.5 Å². The highest BCUT2D eigenvalue weighted by atomic mass is 35.5. The van der Waals surface area contributed by atoms with E-state index in [0.29, 0.717) is 10.8 Å². The Morgan fingerprint density at radius 2 is 2.18 bits per heavy atom. The topological polar surface area (TPSA) is 37.8 Å². The van der Waals surface area contributed by atoms with Gasteiger partial charge in [0.15, 0.2) is 5.82 Å². The standard InChI is InChI=1S/C13H14ClN3/c1-2-15-9-12-6-7-16-13(17-12)10-4-3-5-11(14)8-10/h3-8,15H,2,9H2,1H3. The summed E-state index contributed by atoms with van der Waals surface area (Å²) in [4.78, 5) is 8.75. The maximum atomic E-state index is 5.95. The molecule has 3 nitrogen and oxygen atoms in total. The van der Waals surface area contributed by atoms with Gasteiger partial charge >= 0.3 is 0 Å². The molecule has 0 aliphatic carbocycles. The lowest BCUT2D eigenvalue weighted by Crippen LogP contribution is -2.13. The van der Waals surface area contributed by atoms with Crippen LogP contribution in [-0.2, 0) is 6.54 Å². The van der Waals surface area contributed by atoms with E-state index >= 15 is 0 Å². The van der Waals surface area contributed by atoms with Crippen LogP contribution >= 0.6 is 11.6 Å². The number of nitrogens with zero attached hydrogens (tertiary/aromatic N) is 2. The van der Waals surface area contributed by atoms with Crippen molar-refractivity contribution in [1.82, 2.24) is 15.3 Å². The molecule has 0 atom stereocenters. The summed E-state index contributed by atoms with van der Waals surface area (Å²) in [5.74, 6) is 0.711. The van der Waals surface area contributed by atoms with Crippen LogP contribution in [0, 0.1) is 0 Å². The fourth-order valence-corrected chi connectivity index (χ4v) is 1.70.